The van der Waals surface area contributed by atoms with Gasteiger partial charge < -0.3 is 4.74 Å². The van der Waals surface area contributed by atoms with Gasteiger partial charge in [-0.15, -0.1) is 0 Å². The van der Waals surface area contributed by atoms with Crippen molar-refractivity contribution < 1.29 is 9.53 Å². The van der Waals surface area contributed by atoms with E-state index >= 15 is 0 Å². The number of nitrogens with zero attached hydrogens (tertiary/aromatic N) is 1. The molecule has 0 aromatic rings. The van der Waals surface area contributed by atoms with Crippen molar-refractivity contribution in [3.8, 4) is 0 Å². The van der Waals surface area contributed by atoms with E-state index in [1.807, 2.05) is 13.0 Å². The zero-order chi connectivity index (χ0) is 9.68. The van der Waals surface area contributed by atoms with E-state index in [-0.39, 0.29) is 5.97 Å². The summed E-state index contributed by atoms with van der Waals surface area (Å²) in [5.74, 6) is -0.234. The van der Waals surface area contributed by atoms with Crippen LogP contribution in [0.4, 0.5) is 0 Å². The Morgan fingerprint density at radius 1 is 1.69 bits per heavy atom. The number of rotatable bonds is 3. The highest BCUT2D eigenvalue weighted by molar-refractivity contribution is 5.81. The summed E-state index contributed by atoms with van der Waals surface area (Å²) in [6.07, 6.45) is 5.84. The van der Waals surface area contributed by atoms with Gasteiger partial charge in [0.25, 0.3) is 0 Å². The van der Waals surface area contributed by atoms with Crippen molar-refractivity contribution in [2.75, 3.05) is 20.2 Å². The summed E-state index contributed by atoms with van der Waals surface area (Å²) >= 11 is 0. The van der Waals surface area contributed by atoms with Crippen LogP contribution in [-0.4, -0.2) is 37.1 Å². The van der Waals surface area contributed by atoms with Gasteiger partial charge in [0, 0.05) is 12.1 Å². The molecule has 0 spiro atoms. The van der Waals surface area contributed by atoms with Crippen molar-refractivity contribution in [1.82, 2.24) is 4.90 Å². The number of hydrogen-bond donors (Lipinski definition) is 0. The van der Waals surface area contributed by atoms with Gasteiger partial charge in [-0.25, -0.2) is 4.79 Å². The van der Waals surface area contributed by atoms with E-state index < -0.39 is 0 Å². The fourth-order valence-electron chi connectivity index (χ4n) is 1.56. The number of likely N-dealkylation sites (tertiary alicyclic amines) is 1. The average Bonchev–Trinajstić information content (AvgIpc) is 2.48. The fourth-order valence-corrected chi connectivity index (χ4v) is 1.56. The van der Waals surface area contributed by atoms with Crippen LogP contribution in [-0.2, 0) is 9.53 Å². The fraction of sp³-hybridized carbons (Fsp3) is 0.700. The summed E-state index contributed by atoms with van der Waals surface area (Å²) in [6, 6.07) is 0.421. The van der Waals surface area contributed by atoms with Crippen LogP contribution in [0.2, 0.25) is 0 Å². The van der Waals surface area contributed by atoms with Gasteiger partial charge in [-0.3, -0.25) is 4.90 Å². The summed E-state index contributed by atoms with van der Waals surface area (Å²) < 4.78 is 4.79. The highest BCUT2D eigenvalue weighted by Gasteiger charge is 2.17. The highest BCUT2D eigenvalue weighted by Crippen LogP contribution is 2.15. The molecule has 1 unspecified atom stereocenters. The first kappa shape index (κ1) is 10.3. The molecule has 1 aliphatic heterocycles. The van der Waals surface area contributed by atoms with Crippen molar-refractivity contribution in [1.29, 1.82) is 0 Å². The van der Waals surface area contributed by atoms with Gasteiger partial charge in [-0.05, 0) is 33.4 Å². The lowest BCUT2D eigenvalue weighted by molar-refractivity contribution is -0.137. The number of carbonyl (C=O) groups is 1. The number of hydrogen-bond acceptors (Lipinski definition) is 3. The standard InChI is InChI=1S/C10H17NO2/c1-3-13-10(12)7-6-9-5-4-8-11(9)2/h6-7,9H,3-5,8H2,1-2H3/b7-6+. The molecule has 0 amide bonds. The Balaban J connectivity index is 2.34. The zero-order valence-corrected chi connectivity index (χ0v) is 8.32. The van der Waals surface area contributed by atoms with E-state index in [1.54, 1.807) is 0 Å². The van der Waals surface area contributed by atoms with E-state index in [1.165, 1.54) is 12.5 Å². The Morgan fingerprint density at radius 2 is 2.46 bits per heavy atom. The molecule has 1 heterocycles. The van der Waals surface area contributed by atoms with Crippen LogP contribution >= 0.6 is 0 Å². The number of likely N-dealkylation sites (N-methyl/N-ethyl adjacent to an activating group) is 1. The summed E-state index contributed by atoms with van der Waals surface area (Å²) in [5, 5.41) is 0. The van der Waals surface area contributed by atoms with Gasteiger partial charge in [0.1, 0.15) is 0 Å². The van der Waals surface area contributed by atoms with Crippen molar-refractivity contribution >= 4 is 5.97 Å². The van der Waals surface area contributed by atoms with Crippen LogP contribution in [0.15, 0.2) is 12.2 Å². The molecule has 0 N–H and O–H groups in total. The van der Waals surface area contributed by atoms with Crippen molar-refractivity contribution in [2.24, 2.45) is 0 Å². The molecule has 1 saturated heterocycles. The summed E-state index contributed by atoms with van der Waals surface area (Å²) in [7, 11) is 2.08. The third-order valence-corrected chi connectivity index (χ3v) is 2.32. The quantitative estimate of drug-likeness (QED) is 0.486. The van der Waals surface area contributed by atoms with Gasteiger partial charge in [-0.2, -0.15) is 0 Å². The van der Waals surface area contributed by atoms with Gasteiger partial charge in [0.15, 0.2) is 0 Å². The minimum absolute atomic E-state index is 0.234. The minimum Gasteiger partial charge on any atom is -0.463 e. The molecule has 0 saturated carbocycles. The monoisotopic (exact) mass is 183 g/mol. The lowest BCUT2D eigenvalue weighted by Crippen LogP contribution is -2.22. The topological polar surface area (TPSA) is 29.5 Å². The molecule has 3 nitrogen and oxygen atoms in total. The Morgan fingerprint density at radius 3 is 3.00 bits per heavy atom. The lowest BCUT2D eigenvalue weighted by atomic mass is 10.2. The Labute approximate surface area is 79.4 Å². The molecular weight excluding hydrogens is 166 g/mol. The number of carbonyl (C=O) groups excluding carboxylic acids is 1. The summed E-state index contributed by atoms with van der Waals surface area (Å²) in [4.78, 5) is 13.2. The highest BCUT2D eigenvalue weighted by atomic mass is 16.5. The third-order valence-electron chi connectivity index (χ3n) is 2.32. The maximum absolute atomic E-state index is 11.0. The predicted molar refractivity (Wildman–Crippen MR) is 51.4 cm³/mol. The molecule has 1 rings (SSSR count). The molecule has 74 valence electrons. The molecule has 1 fully saturated rings. The van der Waals surface area contributed by atoms with E-state index in [4.69, 9.17) is 4.74 Å². The normalized spacial score (nSPS) is 24.0. The number of esters is 1. The second kappa shape index (κ2) is 5.02. The van der Waals surface area contributed by atoms with Crippen LogP contribution in [0.25, 0.3) is 0 Å². The van der Waals surface area contributed by atoms with E-state index in [0.717, 1.165) is 13.0 Å². The van der Waals surface area contributed by atoms with Gasteiger partial charge >= 0.3 is 5.97 Å². The smallest absolute Gasteiger partial charge is 0.330 e. The Bertz CT molecular complexity index is 201. The molecule has 0 radical (unpaired) electrons. The SMILES string of the molecule is CCOC(=O)/C=C/C1CCCN1C. The van der Waals surface area contributed by atoms with Crippen LogP contribution in [0, 0.1) is 0 Å². The molecule has 0 aromatic heterocycles. The molecule has 1 aliphatic rings. The third kappa shape index (κ3) is 3.19. The van der Waals surface area contributed by atoms with Crippen LogP contribution in [0.5, 0.6) is 0 Å². The molecule has 1 atom stereocenters. The number of ether oxygens (including phenoxy) is 1. The molecular formula is C10H17NO2. The Kier molecular flexibility index (Phi) is 3.96. The first-order valence-corrected chi connectivity index (χ1v) is 4.79. The molecule has 3 heteroatoms. The van der Waals surface area contributed by atoms with E-state index in [2.05, 4.69) is 11.9 Å². The molecule has 0 aromatic carbocycles. The first-order valence-electron chi connectivity index (χ1n) is 4.79. The Hall–Kier alpha value is -0.830. The molecule has 0 aliphatic carbocycles. The van der Waals surface area contributed by atoms with Gasteiger partial charge in [-0.1, -0.05) is 6.08 Å². The van der Waals surface area contributed by atoms with E-state index in [0.29, 0.717) is 12.6 Å². The van der Waals surface area contributed by atoms with E-state index in [9.17, 15) is 4.79 Å². The van der Waals surface area contributed by atoms with Gasteiger partial charge in [0.05, 0.1) is 6.61 Å². The van der Waals surface area contributed by atoms with Crippen LogP contribution in [0.3, 0.4) is 0 Å². The lowest BCUT2D eigenvalue weighted by Gasteiger charge is -2.14. The van der Waals surface area contributed by atoms with Crippen molar-refractivity contribution in [2.45, 2.75) is 25.8 Å². The predicted octanol–water partition coefficient (Wildman–Crippen LogP) is 1.20. The largest absolute Gasteiger partial charge is 0.463 e. The molecule has 13 heavy (non-hydrogen) atoms. The van der Waals surface area contributed by atoms with Crippen LogP contribution in [0.1, 0.15) is 19.8 Å². The molecule has 0 bridgehead atoms. The average molecular weight is 183 g/mol. The maximum Gasteiger partial charge on any atom is 0.330 e. The van der Waals surface area contributed by atoms with Crippen molar-refractivity contribution in [3.63, 3.8) is 0 Å². The minimum atomic E-state index is -0.234. The van der Waals surface area contributed by atoms with Crippen molar-refractivity contribution in [3.05, 3.63) is 12.2 Å². The van der Waals surface area contributed by atoms with Crippen LogP contribution < -0.4 is 0 Å². The second-order valence-corrected chi connectivity index (χ2v) is 3.30. The zero-order valence-electron chi connectivity index (χ0n) is 8.32. The first-order chi connectivity index (χ1) is 6.24. The maximum atomic E-state index is 11.0. The second-order valence-electron chi connectivity index (χ2n) is 3.30. The van der Waals surface area contributed by atoms with Gasteiger partial charge in [0.2, 0.25) is 0 Å². The summed E-state index contributed by atoms with van der Waals surface area (Å²) in [5.41, 5.74) is 0. The summed E-state index contributed by atoms with van der Waals surface area (Å²) in [6.45, 7) is 3.38.